The third-order valence-corrected chi connectivity index (χ3v) is 12.2. The number of aliphatic hydroxyl groups excluding tert-OH is 1. The molecule has 10 atom stereocenters. The van der Waals surface area contributed by atoms with E-state index in [1.807, 2.05) is 0 Å². The smallest absolute Gasteiger partial charge is 0.303 e. The molecule has 0 saturated carbocycles. The van der Waals surface area contributed by atoms with Crippen molar-refractivity contribution in [3.8, 4) is 11.5 Å². The van der Waals surface area contributed by atoms with Gasteiger partial charge in [-0.05, 0) is 59.7 Å². The first-order valence-electron chi connectivity index (χ1n) is 22.4. The molecule has 4 aliphatic heterocycles. The predicted molar refractivity (Wildman–Crippen MR) is 242 cm³/mol. The van der Waals surface area contributed by atoms with Crippen LogP contribution in [0.25, 0.3) is 0 Å². The third kappa shape index (κ3) is 10.2. The van der Waals surface area contributed by atoms with Crippen molar-refractivity contribution in [2.75, 3.05) is 34.0 Å². The van der Waals surface area contributed by atoms with E-state index in [4.69, 9.17) is 47.4 Å². The van der Waals surface area contributed by atoms with Crippen molar-refractivity contribution in [3.63, 3.8) is 0 Å². The number of methoxy groups -OCH3 is 2. The molecule has 8 rings (SSSR count). The molecule has 4 heterocycles. The molecule has 4 aliphatic rings. The number of hydrogen-bond acceptors (Lipinski definition) is 17. The lowest BCUT2D eigenvalue weighted by atomic mass is 9.92. The van der Waals surface area contributed by atoms with Gasteiger partial charge in [0.25, 0.3) is 23.6 Å². The molecule has 2 saturated heterocycles. The number of ether oxygens (including phenoxy) is 10. The summed E-state index contributed by atoms with van der Waals surface area (Å²) in [5.41, 5.74) is 1.62. The molecule has 19 heteroatoms. The number of esters is 2. The summed E-state index contributed by atoms with van der Waals surface area (Å²) in [6.07, 6.45) is -11.4. The maximum Gasteiger partial charge on any atom is 0.303 e. The van der Waals surface area contributed by atoms with Crippen LogP contribution in [-0.2, 0) is 60.7 Å². The lowest BCUT2D eigenvalue weighted by Crippen LogP contribution is -2.71. The van der Waals surface area contributed by atoms with Crippen LogP contribution in [0.4, 0.5) is 0 Å². The van der Waals surface area contributed by atoms with Crippen LogP contribution < -0.4 is 9.47 Å². The van der Waals surface area contributed by atoms with Crippen LogP contribution >= 0.6 is 0 Å². The highest BCUT2D eigenvalue weighted by Gasteiger charge is 2.60. The number of nitrogens with zero attached hydrogens (tertiary/aromatic N) is 2. The fourth-order valence-electron chi connectivity index (χ4n) is 8.98. The van der Waals surface area contributed by atoms with Crippen molar-refractivity contribution in [2.24, 2.45) is 0 Å². The van der Waals surface area contributed by atoms with E-state index < -0.39 is 96.9 Å². The third-order valence-electron chi connectivity index (χ3n) is 12.2. The zero-order valence-corrected chi connectivity index (χ0v) is 38.7. The summed E-state index contributed by atoms with van der Waals surface area (Å²) in [5, 5.41) is 12.1. The first kappa shape index (κ1) is 49.6. The van der Waals surface area contributed by atoms with Crippen LogP contribution in [-0.4, -0.2) is 146 Å². The van der Waals surface area contributed by atoms with Crippen LogP contribution in [0, 0.1) is 0 Å². The number of carbonyl (C=O) groups is 6. The molecular weight excluding hydrogens is 913 g/mol. The van der Waals surface area contributed by atoms with Crippen molar-refractivity contribution < 1.29 is 81.2 Å². The lowest BCUT2D eigenvalue weighted by molar-refractivity contribution is -0.342. The van der Waals surface area contributed by atoms with Crippen LogP contribution in [0.5, 0.6) is 11.5 Å². The number of hydrogen-bond donors (Lipinski definition) is 1. The molecule has 0 unspecified atom stereocenters. The summed E-state index contributed by atoms with van der Waals surface area (Å²) < 4.78 is 60.9. The Bertz CT molecular complexity index is 2520. The minimum absolute atomic E-state index is 0.0146. The van der Waals surface area contributed by atoms with Gasteiger partial charge >= 0.3 is 11.9 Å². The summed E-state index contributed by atoms with van der Waals surface area (Å²) in [6, 6.07) is 22.9. The fraction of sp³-hybridized carbons (Fsp3) is 0.373. The zero-order chi connectivity index (χ0) is 49.6. The summed E-state index contributed by atoms with van der Waals surface area (Å²) >= 11 is 0. The molecule has 368 valence electrons. The Balaban J connectivity index is 1.22. The van der Waals surface area contributed by atoms with E-state index in [2.05, 4.69) is 6.58 Å². The van der Waals surface area contributed by atoms with Crippen molar-refractivity contribution in [1.29, 1.82) is 0 Å². The molecule has 0 spiro atoms. The van der Waals surface area contributed by atoms with Gasteiger partial charge in [-0.1, -0.05) is 54.6 Å². The Morgan fingerprint density at radius 2 is 1.01 bits per heavy atom. The maximum absolute atomic E-state index is 14.4. The topological polar surface area (TPSA) is 221 Å². The van der Waals surface area contributed by atoms with Gasteiger partial charge in [-0.15, -0.1) is 6.58 Å². The zero-order valence-electron chi connectivity index (χ0n) is 38.7. The normalized spacial score (nSPS) is 26.1. The molecule has 19 nitrogen and oxygen atoms in total. The quantitative estimate of drug-likeness (QED) is 0.0796. The Kier molecular flexibility index (Phi) is 15.5. The molecular formula is C51H52N2O17. The van der Waals surface area contributed by atoms with Gasteiger partial charge in [0.05, 0.1) is 69.5 Å². The molecule has 70 heavy (non-hydrogen) atoms. The van der Waals surface area contributed by atoms with E-state index in [1.54, 1.807) is 72.8 Å². The van der Waals surface area contributed by atoms with Crippen LogP contribution in [0.15, 0.2) is 110 Å². The van der Waals surface area contributed by atoms with Crippen LogP contribution in [0.1, 0.15) is 66.4 Å². The predicted octanol–water partition coefficient (Wildman–Crippen LogP) is 4.03. The number of benzene rings is 4. The minimum atomic E-state index is -1.85. The number of rotatable bonds is 19. The van der Waals surface area contributed by atoms with Gasteiger partial charge in [-0.2, -0.15) is 0 Å². The van der Waals surface area contributed by atoms with E-state index in [1.165, 1.54) is 44.6 Å². The highest BCUT2D eigenvalue weighted by molar-refractivity contribution is 6.22. The van der Waals surface area contributed by atoms with E-state index >= 15 is 0 Å². The first-order chi connectivity index (χ1) is 33.8. The Labute approximate surface area is 402 Å². The number of amides is 4. The second-order valence-corrected chi connectivity index (χ2v) is 16.7. The van der Waals surface area contributed by atoms with Gasteiger partial charge in [0, 0.05) is 13.8 Å². The number of fused-ring (bicyclic) bond motifs is 2. The molecule has 0 radical (unpaired) electrons. The molecule has 4 aromatic rings. The molecule has 4 amide bonds. The fourth-order valence-corrected chi connectivity index (χ4v) is 8.98. The van der Waals surface area contributed by atoms with E-state index in [9.17, 15) is 33.9 Å². The van der Waals surface area contributed by atoms with E-state index in [-0.39, 0.29) is 55.3 Å². The number of imide groups is 2. The van der Waals surface area contributed by atoms with Gasteiger partial charge in [-0.3, -0.25) is 38.6 Å². The first-order valence-corrected chi connectivity index (χ1v) is 22.4. The molecule has 0 aliphatic carbocycles. The SMILES string of the molecule is C=CCO[C@@H]1O[C@H](COCc2ccc(OC)cc2)[C@@H](O[C@@H]2O[C@H](COCc3ccc(OC)cc3)[C@@H](O)[C@H](OC(C)=O)[C@H]2N2C(=O)c3ccccc3C2=O)[C@H](OC(C)=O)[C@H]1N1C(=O)c2ccccc2C1=O. The lowest BCUT2D eigenvalue weighted by Gasteiger charge is -2.51. The second kappa shape index (κ2) is 21.8. The van der Waals surface area contributed by atoms with Crippen LogP contribution in [0.3, 0.4) is 0 Å². The van der Waals surface area contributed by atoms with Gasteiger partial charge in [0.1, 0.15) is 48.0 Å². The van der Waals surface area contributed by atoms with Crippen molar-refractivity contribution in [2.45, 2.75) is 88.3 Å². The largest absolute Gasteiger partial charge is 0.497 e. The standard InChI is InChI=1S/C51H52N2O17/c1-6-23-65-50-41(53-48(59)36-13-9-10-14-37(36)49(53)60)45(67-29(3)55)43(39(69-50)27-64-25-31-17-21-33(62-5)22-18-31)70-51-40(52-46(57)34-11-7-8-12-35(34)47(52)58)44(66-28(2)54)42(56)38(68-51)26-63-24-30-15-19-32(61-4)20-16-30/h6-22,38-45,50-51,56H,1,23-27H2,2-5H3/t38-,39-,40-,41-,42-,43-,44-,45-,50-,51+/m1/s1. The van der Waals surface area contributed by atoms with Gasteiger partial charge in [0.2, 0.25) is 0 Å². The molecule has 0 bridgehead atoms. The summed E-state index contributed by atoms with van der Waals surface area (Å²) in [7, 11) is 3.07. The molecule has 4 aromatic carbocycles. The second-order valence-electron chi connectivity index (χ2n) is 16.7. The van der Waals surface area contributed by atoms with Crippen molar-refractivity contribution in [3.05, 3.63) is 143 Å². The highest BCUT2D eigenvalue weighted by Crippen LogP contribution is 2.40. The monoisotopic (exact) mass is 964 g/mol. The number of aliphatic hydroxyl groups is 1. The molecule has 2 fully saturated rings. The van der Waals surface area contributed by atoms with Gasteiger partial charge in [-0.25, -0.2) is 0 Å². The average molecular weight is 965 g/mol. The van der Waals surface area contributed by atoms with Crippen molar-refractivity contribution >= 4 is 35.6 Å². The Hall–Kier alpha value is -6.84. The Morgan fingerprint density at radius 3 is 1.44 bits per heavy atom. The van der Waals surface area contributed by atoms with Gasteiger partial charge < -0.3 is 52.5 Å². The summed E-state index contributed by atoms with van der Waals surface area (Å²) in [4.78, 5) is 85.4. The van der Waals surface area contributed by atoms with E-state index in [0.717, 1.165) is 34.8 Å². The number of carbonyl (C=O) groups excluding carboxylic acids is 6. The molecule has 0 aromatic heterocycles. The van der Waals surface area contributed by atoms with Gasteiger partial charge in [0.15, 0.2) is 24.8 Å². The average Bonchev–Trinajstić information content (AvgIpc) is 3.76. The highest BCUT2D eigenvalue weighted by atomic mass is 16.7. The van der Waals surface area contributed by atoms with Crippen LogP contribution in [0.2, 0.25) is 0 Å². The minimum Gasteiger partial charge on any atom is -0.497 e. The van der Waals surface area contributed by atoms with Crippen molar-refractivity contribution in [1.82, 2.24) is 9.80 Å². The van der Waals surface area contributed by atoms with E-state index in [0.29, 0.717) is 11.5 Å². The molecule has 1 N–H and O–H groups in total. The maximum atomic E-state index is 14.4. The summed E-state index contributed by atoms with van der Waals surface area (Å²) in [5.74, 6) is -3.68. The summed E-state index contributed by atoms with van der Waals surface area (Å²) in [6.45, 7) is 5.15. The Morgan fingerprint density at radius 1 is 0.600 bits per heavy atom.